The Morgan fingerprint density at radius 2 is 1.94 bits per heavy atom. The van der Waals surface area contributed by atoms with Gasteiger partial charge in [0.15, 0.2) is 0 Å². The standard InChI is InChI=1S/C10H9NO6.CH4/c1-5-3-4-6(9(12)13)8(11(15)16)7(5)10(14)17-2;/h3-4H,1-2H3,(H,12,13);1H4. The van der Waals surface area contributed by atoms with E-state index in [4.69, 9.17) is 5.11 Å². The van der Waals surface area contributed by atoms with Crippen molar-refractivity contribution in [3.63, 3.8) is 0 Å². The maximum Gasteiger partial charge on any atom is 0.345 e. The number of nitrogens with zero attached hydrogens (tertiary/aromatic N) is 1. The molecule has 0 spiro atoms. The van der Waals surface area contributed by atoms with Crippen LogP contribution in [0.5, 0.6) is 0 Å². The number of carboxylic acid groups (broad SMARTS) is 1. The third kappa shape index (κ3) is 2.62. The predicted molar refractivity (Wildman–Crippen MR) is 62.9 cm³/mol. The van der Waals surface area contributed by atoms with Gasteiger partial charge in [-0.25, -0.2) is 9.59 Å². The number of aromatic carboxylic acids is 1. The molecule has 0 atom stereocenters. The van der Waals surface area contributed by atoms with Crippen LogP contribution < -0.4 is 0 Å². The lowest BCUT2D eigenvalue weighted by atomic mass is 10.0. The molecular weight excluding hydrogens is 242 g/mol. The molecule has 0 aromatic heterocycles. The molecule has 1 rings (SSSR count). The number of aryl methyl sites for hydroxylation is 1. The highest BCUT2D eigenvalue weighted by Crippen LogP contribution is 2.27. The van der Waals surface area contributed by atoms with Gasteiger partial charge in [0.1, 0.15) is 11.1 Å². The minimum atomic E-state index is -1.47. The van der Waals surface area contributed by atoms with Gasteiger partial charge in [0.05, 0.1) is 12.0 Å². The summed E-state index contributed by atoms with van der Waals surface area (Å²) in [6.45, 7) is 1.46. The van der Waals surface area contributed by atoms with Crippen LogP contribution in [0.3, 0.4) is 0 Å². The van der Waals surface area contributed by atoms with Crippen LogP contribution in [0.1, 0.15) is 33.7 Å². The average Bonchev–Trinajstić information content (AvgIpc) is 2.26. The summed E-state index contributed by atoms with van der Waals surface area (Å²) in [5.41, 5.74) is -1.34. The van der Waals surface area contributed by atoms with E-state index in [1.54, 1.807) is 0 Å². The number of carbonyl (C=O) groups excluding carboxylic acids is 1. The van der Waals surface area contributed by atoms with Gasteiger partial charge >= 0.3 is 11.9 Å². The summed E-state index contributed by atoms with van der Waals surface area (Å²) in [5, 5.41) is 19.7. The first-order valence-corrected chi connectivity index (χ1v) is 4.49. The molecule has 7 nitrogen and oxygen atoms in total. The lowest BCUT2D eigenvalue weighted by Crippen LogP contribution is -2.12. The van der Waals surface area contributed by atoms with Crippen LogP contribution >= 0.6 is 0 Å². The van der Waals surface area contributed by atoms with Crippen LogP contribution in [0.15, 0.2) is 12.1 Å². The lowest BCUT2D eigenvalue weighted by molar-refractivity contribution is -0.385. The topological polar surface area (TPSA) is 107 Å². The van der Waals surface area contributed by atoms with E-state index in [0.717, 1.165) is 13.2 Å². The van der Waals surface area contributed by atoms with E-state index in [2.05, 4.69) is 4.74 Å². The number of ether oxygens (including phenoxy) is 1. The molecule has 0 radical (unpaired) electrons. The number of carbonyl (C=O) groups is 2. The Labute approximate surface area is 103 Å². The van der Waals surface area contributed by atoms with Gasteiger partial charge in [0.2, 0.25) is 0 Å². The number of carboxylic acids is 1. The molecule has 0 saturated heterocycles. The highest BCUT2D eigenvalue weighted by atomic mass is 16.6. The SMILES string of the molecule is C.COC(=O)c1c(C)ccc(C(=O)O)c1[N+](=O)[O-]. The van der Waals surface area contributed by atoms with E-state index >= 15 is 0 Å². The van der Waals surface area contributed by atoms with Gasteiger partial charge in [-0.2, -0.15) is 0 Å². The number of esters is 1. The third-order valence-electron chi connectivity index (χ3n) is 2.19. The zero-order chi connectivity index (χ0) is 13.2. The molecule has 7 heteroatoms. The monoisotopic (exact) mass is 255 g/mol. The van der Waals surface area contributed by atoms with Gasteiger partial charge in [0, 0.05) is 0 Å². The lowest BCUT2D eigenvalue weighted by Gasteiger charge is -2.06. The fourth-order valence-corrected chi connectivity index (χ4v) is 1.41. The van der Waals surface area contributed by atoms with E-state index in [1.165, 1.54) is 13.0 Å². The Kier molecular flexibility index (Phi) is 4.98. The molecule has 1 aromatic carbocycles. The molecular formula is C11H13NO6. The second kappa shape index (κ2) is 5.76. The molecule has 0 bridgehead atoms. The summed E-state index contributed by atoms with van der Waals surface area (Å²) in [6, 6.07) is 2.41. The van der Waals surface area contributed by atoms with Crippen molar-refractivity contribution < 1.29 is 24.4 Å². The van der Waals surface area contributed by atoms with Crippen molar-refractivity contribution >= 4 is 17.6 Å². The van der Waals surface area contributed by atoms with E-state index in [9.17, 15) is 19.7 Å². The first-order chi connectivity index (χ1) is 7.90. The zero-order valence-electron chi connectivity index (χ0n) is 9.09. The largest absolute Gasteiger partial charge is 0.477 e. The smallest absolute Gasteiger partial charge is 0.345 e. The maximum absolute atomic E-state index is 11.4. The fourth-order valence-electron chi connectivity index (χ4n) is 1.41. The fraction of sp³-hybridized carbons (Fsp3) is 0.273. The molecule has 1 N–H and O–H groups in total. The molecule has 0 saturated carbocycles. The Hall–Kier alpha value is -2.44. The molecule has 1 aromatic rings. The molecule has 0 aliphatic heterocycles. The number of methoxy groups -OCH3 is 1. The van der Waals surface area contributed by atoms with Crippen LogP contribution in [0.2, 0.25) is 0 Å². The second-order valence-electron chi connectivity index (χ2n) is 3.21. The van der Waals surface area contributed by atoms with E-state index in [-0.39, 0.29) is 18.6 Å². The molecule has 0 fully saturated rings. The second-order valence-corrected chi connectivity index (χ2v) is 3.21. The first-order valence-electron chi connectivity index (χ1n) is 4.49. The average molecular weight is 255 g/mol. The number of hydrogen-bond acceptors (Lipinski definition) is 5. The normalized spacial score (nSPS) is 9.22. The Bertz CT molecular complexity index is 509. The van der Waals surface area contributed by atoms with Crippen molar-refractivity contribution in [2.24, 2.45) is 0 Å². The van der Waals surface area contributed by atoms with Crippen molar-refractivity contribution in [2.75, 3.05) is 7.11 Å². The highest BCUT2D eigenvalue weighted by molar-refractivity contribution is 6.02. The van der Waals surface area contributed by atoms with Crippen molar-refractivity contribution in [1.82, 2.24) is 0 Å². The van der Waals surface area contributed by atoms with Gasteiger partial charge in [0.25, 0.3) is 5.69 Å². The van der Waals surface area contributed by atoms with Crippen LogP contribution in [-0.2, 0) is 4.74 Å². The Balaban J connectivity index is 0.00000289. The van der Waals surface area contributed by atoms with Crippen LogP contribution in [-0.4, -0.2) is 29.1 Å². The van der Waals surface area contributed by atoms with Crippen LogP contribution in [0, 0.1) is 17.0 Å². The molecule has 0 aliphatic carbocycles. The summed E-state index contributed by atoms with van der Waals surface area (Å²) in [6.07, 6.45) is 0. The predicted octanol–water partition coefficient (Wildman–Crippen LogP) is 2.02. The maximum atomic E-state index is 11.4. The summed E-state index contributed by atoms with van der Waals surface area (Å²) < 4.78 is 4.41. The number of rotatable bonds is 3. The number of benzene rings is 1. The summed E-state index contributed by atoms with van der Waals surface area (Å²) in [7, 11) is 1.07. The Morgan fingerprint density at radius 3 is 2.33 bits per heavy atom. The van der Waals surface area contributed by atoms with Gasteiger partial charge in [-0.15, -0.1) is 0 Å². The van der Waals surface area contributed by atoms with Crippen LogP contribution in [0.25, 0.3) is 0 Å². The van der Waals surface area contributed by atoms with Gasteiger partial charge in [-0.1, -0.05) is 13.5 Å². The molecule has 0 unspecified atom stereocenters. The van der Waals surface area contributed by atoms with E-state index in [1.807, 2.05) is 0 Å². The molecule has 0 heterocycles. The van der Waals surface area contributed by atoms with E-state index in [0.29, 0.717) is 0 Å². The van der Waals surface area contributed by atoms with Gasteiger partial charge in [-0.05, 0) is 18.6 Å². The van der Waals surface area contributed by atoms with Gasteiger partial charge < -0.3 is 9.84 Å². The number of nitro groups is 1. The zero-order valence-corrected chi connectivity index (χ0v) is 9.09. The summed E-state index contributed by atoms with van der Waals surface area (Å²) in [4.78, 5) is 32.2. The molecule has 98 valence electrons. The highest BCUT2D eigenvalue weighted by Gasteiger charge is 2.30. The molecule has 0 amide bonds. The summed E-state index contributed by atoms with van der Waals surface area (Å²) in [5.74, 6) is -2.40. The minimum Gasteiger partial charge on any atom is -0.477 e. The Morgan fingerprint density at radius 1 is 1.39 bits per heavy atom. The van der Waals surface area contributed by atoms with E-state index < -0.39 is 28.1 Å². The first kappa shape index (κ1) is 15.6. The van der Waals surface area contributed by atoms with Crippen LogP contribution in [0.4, 0.5) is 5.69 Å². The minimum absolute atomic E-state index is 0. The molecule has 18 heavy (non-hydrogen) atoms. The van der Waals surface area contributed by atoms with Crippen molar-refractivity contribution in [3.8, 4) is 0 Å². The quantitative estimate of drug-likeness (QED) is 0.503. The third-order valence-corrected chi connectivity index (χ3v) is 2.19. The van der Waals surface area contributed by atoms with Crippen molar-refractivity contribution in [2.45, 2.75) is 14.4 Å². The van der Waals surface area contributed by atoms with Crippen molar-refractivity contribution in [1.29, 1.82) is 0 Å². The summed E-state index contributed by atoms with van der Waals surface area (Å²) >= 11 is 0. The molecule has 0 aliphatic rings. The number of nitro benzene ring substituents is 1. The number of hydrogen-bond donors (Lipinski definition) is 1. The van der Waals surface area contributed by atoms with Gasteiger partial charge in [-0.3, -0.25) is 10.1 Å². The van der Waals surface area contributed by atoms with Crippen molar-refractivity contribution in [3.05, 3.63) is 38.9 Å².